The molecule has 0 bridgehead atoms. The van der Waals surface area contributed by atoms with Crippen LogP contribution in [0.5, 0.6) is 5.75 Å². The van der Waals surface area contributed by atoms with Crippen LogP contribution in [0.3, 0.4) is 0 Å². The van der Waals surface area contributed by atoms with Crippen LogP contribution < -0.4 is 10.5 Å². The molecule has 0 saturated carbocycles. The SMILES string of the molecule is CSCC[C@@H](N)C(=O)N1CC[C@@H]2O[C@@H]3c4ccccc4OC(C)(C)[C@H]3C[C@@H]2C1. The molecule has 1 aromatic carbocycles. The molecule has 2 N–H and O–H groups in total. The van der Waals surface area contributed by atoms with Gasteiger partial charge in [0.1, 0.15) is 11.4 Å². The van der Waals surface area contributed by atoms with Gasteiger partial charge in [-0.1, -0.05) is 18.2 Å². The number of likely N-dealkylation sites (tertiary alicyclic amines) is 1. The van der Waals surface area contributed by atoms with E-state index in [4.69, 9.17) is 15.2 Å². The largest absolute Gasteiger partial charge is 0.487 e. The molecule has 2 saturated heterocycles. The van der Waals surface area contributed by atoms with Gasteiger partial charge in [-0.05, 0) is 51.2 Å². The van der Waals surface area contributed by atoms with Gasteiger partial charge in [-0.25, -0.2) is 0 Å². The lowest BCUT2D eigenvalue weighted by atomic mass is 9.70. The molecule has 5 atom stereocenters. The minimum atomic E-state index is -0.386. The van der Waals surface area contributed by atoms with Gasteiger partial charge >= 0.3 is 0 Å². The van der Waals surface area contributed by atoms with E-state index in [-0.39, 0.29) is 35.7 Å². The number of piperidine rings is 1. The Bertz CT molecular complexity index is 725. The van der Waals surface area contributed by atoms with Crippen molar-refractivity contribution in [1.82, 2.24) is 4.90 Å². The predicted molar refractivity (Wildman–Crippen MR) is 113 cm³/mol. The fourth-order valence-electron chi connectivity index (χ4n) is 5.06. The summed E-state index contributed by atoms with van der Waals surface area (Å²) in [6.45, 7) is 5.81. The number of hydrogen-bond acceptors (Lipinski definition) is 5. The number of para-hydroxylation sites is 1. The third kappa shape index (κ3) is 3.66. The molecule has 3 aliphatic heterocycles. The molecular formula is C22H32N2O3S. The van der Waals surface area contributed by atoms with Crippen LogP contribution in [0, 0.1) is 11.8 Å². The molecule has 154 valence electrons. The second-order valence-corrected chi connectivity index (χ2v) is 9.89. The molecule has 3 aliphatic rings. The van der Waals surface area contributed by atoms with Crippen LogP contribution in [0.15, 0.2) is 24.3 Å². The van der Waals surface area contributed by atoms with E-state index in [0.29, 0.717) is 5.92 Å². The quantitative estimate of drug-likeness (QED) is 0.835. The normalized spacial score (nSPS) is 31.8. The number of fused-ring (bicyclic) bond motifs is 4. The highest BCUT2D eigenvalue weighted by atomic mass is 32.2. The van der Waals surface area contributed by atoms with E-state index in [9.17, 15) is 4.79 Å². The number of ether oxygens (including phenoxy) is 2. The van der Waals surface area contributed by atoms with Crippen LogP contribution in [-0.2, 0) is 9.53 Å². The monoisotopic (exact) mass is 404 g/mol. The number of carbonyl (C=O) groups is 1. The summed E-state index contributed by atoms with van der Waals surface area (Å²) < 4.78 is 13.0. The van der Waals surface area contributed by atoms with Crippen molar-refractivity contribution in [2.24, 2.45) is 17.6 Å². The molecule has 0 spiro atoms. The maximum absolute atomic E-state index is 12.8. The zero-order chi connectivity index (χ0) is 19.9. The molecule has 1 aromatic rings. The number of nitrogens with two attached hydrogens (primary N) is 1. The number of hydrogen-bond donors (Lipinski definition) is 1. The molecule has 0 aliphatic carbocycles. The van der Waals surface area contributed by atoms with Crippen LogP contribution in [0.4, 0.5) is 0 Å². The van der Waals surface area contributed by atoms with E-state index < -0.39 is 0 Å². The van der Waals surface area contributed by atoms with Crippen LogP contribution in [0.2, 0.25) is 0 Å². The van der Waals surface area contributed by atoms with E-state index in [1.807, 2.05) is 23.3 Å². The second kappa shape index (κ2) is 7.88. The summed E-state index contributed by atoms with van der Waals surface area (Å²) in [5, 5.41) is 0. The third-order valence-electron chi connectivity index (χ3n) is 6.66. The highest BCUT2D eigenvalue weighted by Gasteiger charge is 2.51. The molecule has 0 aromatic heterocycles. The van der Waals surface area contributed by atoms with Gasteiger partial charge < -0.3 is 20.1 Å². The first-order valence-corrected chi connectivity index (χ1v) is 11.8. The van der Waals surface area contributed by atoms with Crippen molar-refractivity contribution in [2.75, 3.05) is 25.1 Å². The summed E-state index contributed by atoms with van der Waals surface area (Å²) in [7, 11) is 0. The number of nitrogens with zero attached hydrogens (tertiary/aromatic N) is 1. The maximum atomic E-state index is 12.8. The van der Waals surface area contributed by atoms with Crippen LogP contribution >= 0.6 is 11.8 Å². The lowest BCUT2D eigenvalue weighted by Crippen LogP contribution is -2.57. The van der Waals surface area contributed by atoms with E-state index >= 15 is 0 Å². The lowest BCUT2D eigenvalue weighted by Gasteiger charge is -2.53. The van der Waals surface area contributed by atoms with Crippen LogP contribution in [-0.4, -0.2) is 53.7 Å². The Hall–Kier alpha value is -1.24. The van der Waals surface area contributed by atoms with Gasteiger partial charge in [0.05, 0.1) is 18.2 Å². The second-order valence-electron chi connectivity index (χ2n) is 8.90. The Morgan fingerprint density at radius 2 is 2.18 bits per heavy atom. The number of amides is 1. The Kier molecular flexibility index (Phi) is 5.64. The zero-order valence-electron chi connectivity index (χ0n) is 17.1. The average Bonchev–Trinajstić information content (AvgIpc) is 2.69. The lowest BCUT2D eigenvalue weighted by molar-refractivity contribution is -0.189. The smallest absolute Gasteiger partial charge is 0.239 e. The summed E-state index contributed by atoms with van der Waals surface area (Å²) >= 11 is 1.73. The summed E-state index contributed by atoms with van der Waals surface area (Å²) in [6.07, 6.45) is 4.97. The van der Waals surface area contributed by atoms with E-state index in [0.717, 1.165) is 43.9 Å². The highest BCUT2D eigenvalue weighted by Crippen LogP contribution is 2.52. The Morgan fingerprint density at radius 1 is 1.39 bits per heavy atom. The van der Waals surface area contributed by atoms with Gasteiger partial charge in [0.2, 0.25) is 5.91 Å². The fraction of sp³-hybridized carbons (Fsp3) is 0.682. The van der Waals surface area contributed by atoms with Gasteiger partial charge in [0.15, 0.2) is 0 Å². The van der Waals surface area contributed by atoms with Gasteiger partial charge in [0, 0.05) is 30.5 Å². The maximum Gasteiger partial charge on any atom is 0.239 e. The average molecular weight is 405 g/mol. The number of thioether (sulfide) groups is 1. The summed E-state index contributed by atoms with van der Waals surface area (Å²) in [5.74, 6) is 2.59. The van der Waals surface area contributed by atoms with Crippen molar-refractivity contribution in [3.8, 4) is 5.75 Å². The zero-order valence-corrected chi connectivity index (χ0v) is 17.9. The summed E-state index contributed by atoms with van der Waals surface area (Å²) in [6, 6.07) is 7.87. The van der Waals surface area contributed by atoms with Crippen molar-refractivity contribution in [3.63, 3.8) is 0 Å². The number of benzene rings is 1. The molecule has 6 heteroatoms. The summed E-state index contributed by atoms with van der Waals surface area (Å²) in [5.41, 5.74) is 7.03. The first kappa shape index (κ1) is 20.0. The standard InChI is InChI=1S/C22H32N2O3S/c1-22(2)16-12-14-13-24(21(25)17(23)9-11-28-3)10-8-18(14)26-20(16)15-6-4-5-7-19(15)27-22/h4-7,14,16-18,20H,8-13,23H2,1-3H3/t14-,16+,17-,18+,20-/m1/s1. The van der Waals surface area contributed by atoms with Crippen molar-refractivity contribution in [1.29, 1.82) is 0 Å². The molecule has 28 heavy (non-hydrogen) atoms. The molecule has 5 nitrogen and oxygen atoms in total. The van der Waals surface area contributed by atoms with E-state index in [1.165, 1.54) is 5.56 Å². The highest BCUT2D eigenvalue weighted by molar-refractivity contribution is 7.98. The fourth-order valence-corrected chi connectivity index (χ4v) is 5.55. The van der Waals surface area contributed by atoms with Crippen molar-refractivity contribution < 1.29 is 14.3 Å². The van der Waals surface area contributed by atoms with Gasteiger partial charge in [-0.3, -0.25) is 4.79 Å². The third-order valence-corrected chi connectivity index (χ3v) is 7.31. The summed E-state index contributed by atoms with van der Waals surface area (Å²) in [4.78, 5) is 14.8. The van der Waals surface area contributed by atoms with Gasteiger partial charge in [-0.15, -0.1) is 0 Å². The Balaban J connectivity index is 1.49. The molecule has 0 radical (unpaired) electrons. The van der Waals surface area contributed by atoms with Gasteiger partial charge in [-0.2, -0.15) is 11.8 Å². The molecule has 3 heterocycles. The van der Waals surface area contributed by atoms with Crippen LogP contribution in [0.25, 0.3) is 0 Å². The van der Waals surface area contributed by atoms with E-state index in [1.54, 1.807) is 11.8 Å². The molecule has 0 unspecified atom stereocenters. The van der Waals surface area contributed by atoms with Crippen molar-refractivity contribution in [2.45, 2.75) is 57.0 Å². The Morgan fingerprint density at radius 3 is 2.96 bits per heavy atom. The van der Waals surface area contributed by atoms with E-state index in [2.05, 4.69) is 26.0 Å². The molecule has 2 fully saturated rings. The number of rotatable bonds is 4. The Labute approximate surface area is 172 Å². The number of carbonyl (C=O) groups excluding carboxylic acids is 1. The van der Waals surface area contributed by atoms with Crippen LogP contribution in [0.1, 0.15) is 44.8 Å². The first-order valence-electron chi connectivity index (χ1n) is 10.4. The predicted octanol–water partition coefficient (Wildman–Crippen LogP) is 3.23. The van der Waals surface area contributed by atoms with Crippen molar-refractivity contribution in [3.05, 3.63) is 29.8 Å². The minimum Gasteiger partial charge on any atom is -0.487 e. The molecule has 1 amide bonds. The first-order chi connectivity index (χ1) is 13.4. The minimum absolute atomic E-state index is 0.0762. The van der Waals surface area contributed by atoms with Crippen molar-refractivity contribution >= 4 is 17.7 Å². The molecule has 4 rings (SSSR count). The van der Waals surface area contributed by atoms with Gasteiger partial charge in [0.25, 0.3) is 0 Å². The molecular weight excluding hydrogens is 372 g/mol. The topological polar surface area (TPSA) is 64.8 Å².